The molecular formula is C10H10Cl3N. The number of hydrogen-bond donors (Lipinski definition) is 1. The number of rotatable bonds is 3. The first-order chi connectivity index (χ1) is 6.54. The van der Waals surface area contributed by atoms with Gasteiger partial charge in [-0.2, -0.15) is 0 Å². The Morgan fingerprint density at radius 3 is 2.36 bits per heavy atom. The third-order valence-electron chi connectivity index (χ3n) is 1.75. The van der Waals surface area contributed by atoms with Crippen LogP contribution in [0.1, 0.15) is 6.92 Å². The quantitative estimate of drug-likeness (QED) is 0.609. The van der Waals surface area contributed by atoms with E-state index in [1.807, 2.05) is 6.92 Å². The van der Waals surface area contributed by atoms with E-state index in [4.69, 9.17) is 34.8 Å². The van der Waals surface area contributed by atoms with Crippen LogP contribution in [-0.2, 0) is 0 Å². The van der Waals surface area contributed by atoms with Gasteiger partial charge in [-0.1, -0.05) is 40.9 Å². The summed E-state index contributed by atoms with van der Waals surface area (Å²) in [7, 11) is 0. The Bertz CT molecular complexity index is 349. The van der Waals surface area contributed by atoms with Crippen LogP contribution < -0.4 is 5.32 Å². The molecule has 0 aliphatic carbocycles. The normalized spacial score (nSPS) is 12.3. The van der Waals surface area contributed by atoms with E-state index in [9.17, 15) is 0 Å². The van der Waals surface area contributed by atoms with Crippen LogP contribution >= 0.6 is 34.8 Å². The second kappa shape index (κ2) is 4.92. The second-order valence-electron chi connectivity index (χ2n) is 2.91. The van der Waals surface area contributed by atoms with Crippen LogP contribution in [0.15, 0.2) is 24.8 Å². The molecule has 0 bridgehead atoms. The number of anilines is 1. The third-order valence-corrected chi connectivity index (χ3v) is 2.78. The molecule has 1 N–H and O–H groups in total. The van der Waals surface area contributed by atoms with Crippen LogP contribution in [0.3, 0.4) is 0 Å². The van der Waals surface area contributed by atoms with Crippen LogP contribution in [0.5, 0.6) is 0 Å². The molecule has 0 heterocycles. The highest BCUT2D eigenvalue weighted by Gasteiger charge is 2.06. The average molecular weight is 251 g/mol. The average Bonchev–Trinajstić information content (AvgIpc) is 2.14. The first-order valence-corrected chi connectivity index (χ1v) is 5.21. The lowest BCUT2D eigenvalue weighted by atomic mass is 10.2. The number of hydrogen-bond acceptors (Lipinski definition) is 1. The van der Waals surface area contributed by atoms with Crippen molar-refractivity contribution in [3.8, 4) is 0 Å². The minimum Gasteiger partial charge on any atom is -0.378 e. The number of halogens is 3. The van der Waals surface area contributed by atoms with Crippen LogP contribution in [-0.4, -0.2) is 6.04 Å². The van der Waals surface area contributed by atoms with Crippen LogP contribution in [0.2, 0.25) is 15.1 Å². The second-order valence-corrected chi connectivity index (χ2v) is 4.14. The van der Waals surface area contributed by atoms with Crippen molar-refractivity contribution in [2.24, 2.45) is 0 Å². The Morgan fingerprint density at radius 2 is 1.79 bits per heavy atom. The van der Waals surface area contributed by atoms with Crippen molar-refractivity contribution in [1.82, 2.24) is 0 Å². The van der Waals surface area contributed by atoms with Gasteiger partial charge >= 0.3 is 0 Å². The van der Waals surface area contributed by atoms with Crippen molar-refractivity contribution in [1.29, 1.82) is 0 Å². The van der Waals surface area contributed by atoms with E-state index in [0.717, 1.165) is 5.69 Å². The molecule has 76 valence electrons. The molecule has 0 amide bonds. The SMILES string of the molecule is C=CC(C)Nc1cc(Cl)c(Cl)cc1Cl. The summed E-state index contributed by atoms with van der Waals surface area (Å²) < 4.78 is 0. The zero-order valence-corrected chi connectivity index (χ0v) is 9.92. The molecule has 0 fully saturated rings. The molecule has 0 saturated carbocycles. The third kappa shape index (κ3) is 2.81. The molecular weight excluding hydrogens is 240 g/mol. The molecule has 0 aliphatic rings. The summed E-state index contributed by atoms with van der Waals surface area (Å²) in [4.78, 5) is 0. The maximum atomic E-state index is 5.96. The van der Waals surface area contributed by atoms with Crippen molar-refractivity contribution in [3.05, 3.63) is 39.9 Å². The molecule has 0 spiro atoms. The van der Waals surface area contributed by atoms with Gasteiger partial charge in [0.05, 0.1) is 20.8 Å². The zero-order chi connectivity index (χ0) is 10.7. The summed E-state index contributed by atoms with van der Waals surface area (Å²) in [6, 6.07) is 3.44. The highest BCUT2D eigenvalue weighted by atomic mass is 35.5. The molecule has 4 heteroatoms. The summed E-state index contributed by atoms with van der Waals surface area (Å²) in [6.45, 7) is 5.63. The van der Waals surface area contributed by atoms with E-state index in [-0.39, 0.29) is 6.04 Å². The summed E-state index contributed by atoms with van der Waals surface area (Å²) in [5.74, 6) is 0. The van der Waals surface area contributed by atoms with Crippen LogP contribution in [0, 0.1) is 0 Å². The summed E-state index contributed by atoms with van der Waals surface area (Å²) in [5, 5.41) is 4.62. The van der Waals surface area contributed by atoms with Crippen molar-refractivity contribution >= 4 is 40.5 Å². The van der Waals surface area contributed by atoms with Crippen LogP contribution in [0.4, 0.5) is 5.69 Å². The monoisotopic (exact) mass is 249 g/mol. The van der Waals surface area contributed by atoms with Gasteiger partial charge in [0.25, 0.3) is 0 Å². The van der Waals surface area contributed by atoms with E-state index in [2.05, 4.69) is 11.9 Å². The van der Waals surface area contributed by atoms with Gasteiger partial charge < -0.3 is 5.32 Å². The predicted octanol–water partition coefficient (Wildman–Crippen LogP) is 4.63. The van der Waals surface area contributed by atoms with Gasteiger partial charge in [-0.05, 0) is 19.1 Å². The summed E-state index contributed by atoms with van der Waals surface area (Å²) in [5.41, 5.74) is 0.758. The Morgan fingerprint density at radius 1 is 1.21 bits per heavy atom. The van der Waals surface area contributed by atoms with Gasteiger partial charge in [0.15, 0.2) is 0 Å². The molecule has 0 aromatic heterocycles. The van der Waals surface area contributed by atoms with Gasteiger partial charge in [0.1, 0.15) is 0 Å². The molecule has 1 nitrogen and oxygen atoms in total. The molecule has 1 rings (SSSR count). The van der Waals surface area contributed by atoms with E-state index < -0.39 is 0 Å². The molecule has 0 saturated heterocycles. The fourth-order valence-electron chi connectivity index (χ4n) is 0.937. The summed E-state index contributed by atoms with van der Waals surface area (Å²) >= 11 is 17.6. The van der Waals surface area contributed by atoms with Gasteiger partial charge in [-0.3, -0.25) is 0 Å². The first-order valence-electron chi connectivity index (χ1n) is 4.08. The first kappa shape index (κ1) is 11.7. The zero-order valence-electron chi connectivity index (χ0n) is 7.65. The van der Waals surface area contributed by atoms with Gasteiger partial charge in [-0.25, -0.2) is 0 Å². The lowest BCUT2D eigenvalue weighted by molar-refractivity contribution is 1.00. The van der Waals surface area contributed by atoms with Crippen LogP contribution in [0.25, 0.3) is 0 Å². The minimum atomic E-state index is 0.129. The fourth-order valence-corrected chi connectivity index (χ4v) is 1.54. The molecule has 1 unspecified atom stereocenters. The minimum absolute atomic E-state index is 0.129. The van der Waals surface area contributed by atoms with Gasteiger partial charge in [0, 0.05) is 6.04 Å². The van der Waals surface area contributed by atoms with E-state index in [1.54, 1.807) is 18.2 Å². The lowest BCUT2D eigenvalue weighted by Gasteiger charge is -2.13. The number of benzene rings is 1. The molecule has 0 aliphatic heterocycles. The molecule has 14 heavy (non-hydrogen) atoms. The summed E-state index contributed by atoms with van der Waals surface area (Å²) in [6.07, 6.45) is 1.78. The molecule has 0 radical (unpaired) electrons. The standard InChI is InChI=1S/C10H10Cl3N/c1-3-6(2)14-10-5-8(12)7(11)4-9(10)13/h3-6,14H,1H2,2H3. The van der Waals surface area contributed by atoms with E-state index in [1.165, 1.54) is 0 Å². The Labute approximate surface area is 98.7 Å². The highest BCUT2D eigenvalue weighted by molar-refractivity contribution is 6.44. The maximum Gasteiger partial charge on any atom is 0.0653 e. The smallest absolute Gasteiger partial charge is 0.0653 e. The van der Waals surface area contributed by atoms with Gasteiger partial charge in [-0.15, -0.1) is 6.58 Å². The van der Waals surface area contributed by atoms with Gasteiger partial charge in [0.2, 0.25) is 0 Å². The lowest BCUT2D eigenvalue weighted by Crippen LogP contribution is -2.11. The van der Waals surface area contributed by atoms with Crippen molar-refractivity contribution in [3.63, 3.8) is 0 Å². The Kier molecular flexibility index (Phi) is 4.11. The van der Waals surface area contributed by atoms with E-state index in [0.29, 0.717) is 15.1 Å². The van der Waals surface area contributed by atoms with Crippen molar-refractivity contribution < 1.29 is 0 Å². The van der Waals surface area contributed by atoms with Crippen molar-refractivity contribution in [2.45, 2.75) is 13.0 Å². The topological polar surface area (TPSA) is 12.0 Å². The number of nitrogens with one attached hydrogen (secondary N) is 1. The van der Waals surface area contributed by atoms with E-state index >= 15 is 0 Å². The Hall–Kier alpha value is -0.370. The highest BCUT2D eigenvalue weighted by Crippen LogP contribution is 2.32. The maximum absolute atomic E-state index is 5.96. The Balaban J connectivity index is 2.97. The predicted molar refractivity (Wildman–Crippen MR) is 64.8 cm³/mol. The molecule has 1 atom stereocenters. The fraction of sp³-hybridized carbons (Fsp3) is 0.200. The molecule has 1 aromatic carbocycles. The molecule has 1 aromatic rings. The van der Waals surface area contributed by atoms with Crippen molar-refractivity contribution in [2.75, 3.05) is 5.32 Å². The largest absolute Gasteiger partial charge is 0.378 e.